The van der Waals surface area contributed by atoms with Crippen LogP contribution in [0.25, 0.3) is 10.2 Å². The quantitative estimate of drug-likeness (QED) is 0.542. The number of amides is 1. The van der Waals surface area contributed by atoms with Crippen LogP contribution in [0.3, 0.4) is 0 Å². The number of carbonyl (C=O) groups is 2. The number of thiazole rings is 1. The lowest BCUT2D eigenvalue weighted by Gasteiger charge is -2.05. The highest BCUT2D eigenvalue weighted by atomic mass is 32.2. The molecule has 1 aromatic heterocycles. The summed E-state index contributed by atoms with van der Waals surface area (Å²) in [6, 6.07) is 11.8. The monoisotopic (exact) mass is 360 g/mol. The van der Waals surface area contributed by atoms with Crippen LogP contribution < -0.4 is 5.32 Å². The van der Waals surface area contributed by atoms with Gasteiger partial charge in [-0.05, 0) is 30.3 Å². The van der Waals surface area contributed by atoms with E-state index in [0.29, 0.717) is 5.69 Å². The molecule has 1 N–H and O–H groups in total. The molecule has 0 aliphatic carbocycles. The summed E-state index contributed by atoms with van der Waals surface area (Å²) in [4.78, 5) is 27.6. The molecule has 0 unspecified atom stereocenters. The van der Waals surface area contributed by atoms with Crippen molar-refractivity contribution in [1.82, 2.24) is 4.98 Å². The molecule has 3 rings (SSSR count). The molecule has 1 amide bonds. The minimum Gasteiger partial charge on any atom is -0.326 e. The number of fused-ring (bicyclic) bond motifs is 1. The number of hydrogen-bond donors (Lipinski definition) is 1. The fraction of sp³-hybridized carbons (Fsp3) is 0.118. The Morgan fingerprint density at radius 2 is 2.04 bits per heavy atom. The molecule has 0 aliphatic heterocycles. The number of rotatable bonds is 5. The number of benzene rings is 2. The van der Waals surface area contributed by atoms with Gasteiger partial charge in [0.25, 0.3) is 0 Å². The molecule has 4 nitrogen and oxygen atoms in total. The van der Waals surface area contributed by atoms with Gasteiger partial charge in [-0.3, -0.25) is 9.59 Å². The van der Waals surface area contributed by atoms with E-state index >= 15 is 0 Å². The first kappa shape index (κ1) is 16.6. The standard InChI is InChI=1S/C17H13FN2O2S2/c1-10(21)19-11-6-7-12(13(18)8-11)15(22)9-23-17-20-14-4-2-3-5-16(14)24-17/h2-8H,9H2,1H3,(H,19,21). The fourth-order valence-electron chi connectivity index (χ4n) is 2.14. The third kappa shape index (κ3) is 3.80. The maximum absolute atomic E-state index is 14.0. The smallest absolute Gasteiger partial charge is 0.221 e. The molecule has 0 saturated carbocycles. The van der Waals surface area contributed by atoms with Gasteiger partial charge in [-0.1, -0.05) is 23.9 Å². The van der Waals surface area contributed by atoms with Crippen molar-refractivity contribution in [2.24, 2.45) is 0 Å². The van der Waals surface area contributed by atoms with Crippen molar-refractivity contribution in [3.8, 4) is 0 Å². The maximum Gasteiger partial charge on any atom is 0.221 e. The number of Topliss-reactive ketones (excluding diaryl/α,β-unsaturated/α-hetero) is 1. The predicted molar refractivity (Wildman–Crippen MR) is 95.4 cm³/mol. The van der Waals surface area contributed by atoms with Gasteiger partial charge in [0.05, 0.1) is 21.5 Å². The summed E-state index contributed by atoms with van der Waals surface area (Å²) < 4.78 is 15.9. The highest BCUT2D eigenvalue weighted by molar-refractivity contribution is 8.01. The van der Waals surface area contributed by atoms with Crippen LogP contribution in [-0.2, 0) is 4.79 Å². The van der Waals surface area contributed by atoms with Gasteiger partial charge in [-0.15, -0.1) is 11.3 Å². The molecule has 24 heavy (non-hydrogen) atoms. The number of para-hydroxylation sites is 1. The third-order valence-electron chi connectivity index (χ3n) is 3.19. The van der Waals surface area contributed by atoms with Crippen LogP contribution >= 0.6 is 23.1 Å². The van der Waals surface area contributed by atoms with E-state index in [-0.39, 0.29) is 23.0 Å². The molecule has 0 atom stereocenters. The Kier molecular flexibility index (Phi) is 4.92. The lowest BCUT2D eigenvalue weighted by atomic mass is 10.1. The van der Waals surface area contributed by atoms with Crippen LogP contribution in [0.5, 0.6) is 0 Å². The Morgan fingerprint density at radius 1 is 1.25 bits per heavy atom. The summed E-state index contributed by atoms with van der Waals surface area (Å²) in [5.74, 6) is -1.14. The summed E-state index contributed by atoms with van der Waals surface area (Å²) in [5.41, 5.74) is 1.23. The average molecular weight is 360 g/mol. The highest BCUT2D eigenvalue weighted by Crippen LogP contribution is 2.30. The molecule has 3 aromatic rings. The van der Waals surface area contributed by atoms with Crippen molar-refractivity contribution in [2.75, 3.05) is 11.1 Å². The second-order valence-corrected chi connectivity index (χ2v) is 7.29. The fourth-order valence-corrected chi connectivity index (χ4v) is 4.09. The van der Waals surface area contributed by atoms with E-state index in [0.717, 1.165) is 20.6 Å². The van der Waals surface area contributed by atoms with E-state index in [2.05, 4.69) is 10.3 Å². The predicted octanol–water partition coefficient (Wildman–Crippen LogP) is 4.37. The molecule has 1 heterocycles. The lowest BCUT2D eigenvalue weighted by molar-refractivity contribution is -0.114. The van der Waals surface area contributed by atoms with Crippen molar-refractivity contribution >= 4 is 50.7 Å². The van der Waals surface area contributed by atoms with Gasteiger partial charge in [-0.2, -0.15) is 0 Å². The maximum atomic E-state index is 14.0. The largest absolute Gasteiger partial charge is 0.326 e. The SMILES string of the molecule is CC(=O)Nc1ccc(C(=O)CSc2nc3ccccc3s2)c(F)c1. The van der Waals surface area contributed by atoms with Crippen molar-refractivity contribution in [3.63, 3.8) is 0 Å². The summed E-state index contributed by atoms with van der Waals surface area (Å²) in [5, 5.41) is 2.48. The molecule has 7 heteroatoms. The van der Waals surface area contributed by atoms with Gasteiger partial charge < -0.3 is 5.32 Å². The van der Waals surface area contributed by atoms with Crippen LogP contribution in [-0.4, -0.2) is 22.4 Å². The summed E-state index contributed by atoms with van der Waals surface area (Å²) in [7, 11) is 0. The first-order chi connectivity index (χ1) is 11.5. The number of ketones is 1. The van der Waals surface area contributed by atoms with E-state index in [1.807, 2.05) is 24.3 Å². The van der Waals surface area contributed by atoms with Gasteiger partial charge in [0.1, 0.15) is 5.82 Å². The van der Waals surface area contributed by atoms with Gasteiger partial charge in [0.2, 0.25) is 5.91 Å². The van der Waals surface area contributed by atoms with E-state index in [4.69, 9.17) is 0 Å². The Morgan fingerprint density at radius 3 is 2.75 bits per heavy atom. The zero-order valence-corrected chi connectivity index (χ0v) is 14.3. The molecular formula is C17H13FN2O2S2. The number of thioether (sulfide) groups is 1. The molecular weight excluding hydrogens is 347 g/mol. The number of nitrogens with one attached hydrogen (secondary N) is 1. The Bertz CT molecular complexity index is 891. The third-order valence-corrected chi connectivity index (χ3v) is 5.37. The zero-order valence-electron chi connectivity index (χ0n) is 12.7. The first-order valence-electron chi connectivity index (χ1n) is 7.11. The summed E-state index contributed by atoms with van der Waals surface area (Å²) in [6.45, 7) is 1.34. The van der Waals surface area contributed by atoms with Crippen molar-refractivity contribution in [3.05, 3.63) is 53.8 Å². The normalized spacial score (nSPS) is 10.8. The Labute approximate surface area is 146 Å². The summed E-state index contributed by atoms with van der Waals surface area (Å²) in [6.07, 6.45) is 0. The van der Waals surface area contributed by atoms with E-state index in [1.54, 1.807) is 0 Å². The first-order valence-corrected chi connectivity index (χ1v) is 8.92. The molecule has 0 radical (unpaired) electrons. The molecule has 2 aromatic carbocycles. The second-order valence-electron chi connectivity index (χ2n) is 5.04. The number of hydrogen-bond acceptors (Lipinski definition) is 5. The van der Waals surface area contributed by atoms with Crippen LogP contribution in [0.1, 0.15) is 17.3 Å². The topological polar surface area (TPSA) is 59.1 Å². The number of aromatic nitrogens is 1. The average Bonchev–Trinajstić information content (AvgIpc) is 2.95. The van der Waals surface area contributed by atoms with Gasteiger partial charge >= 0.3 is 0 Å². The minimum absolute atomic E-state index is 0.0118. The summed E-state index contributed by atoms with van der Waals surface area (Å²) >= 11 is 2.80. The zero-order chi connectivity index (χ0) is 17.1. The van der Waals surface area contributed by atoms with Crippen molar-refractivity contribution < 1.29 is 14.0 Å². The molecule has 0 fully saturated rings. The molecule has 0 saturated heterocycles. The highest BCUT2D eigenvalue weighted by Gasteiger charge is 2.14. The van der Waals surface area contributed by atoms with E-state index in [9.17, 15) is 14.0 Å². The van der Waals surface area contributed by atoms with Gasteiger partial charge in [0.15, 0.2) is 10.1 Å². The number of anilines is 1. The van der Waals surface area contributed by atoms with E-state index < -0.39 is 5.82 Å². The van der Waals surface area contributed by atoms with E-state index in [1.165, 1.54) is 42.2 Å². The molecule has 0 spiro atoms. The van der Waals surface area contributed by atoms with Crippen LogP contribution in [0.2, 0.25) is 0 Å². The van der Waals surface area contributed by atoms with Crippen molar-refractivity contribution in [2.45, 2.75) is 11.3 Å². The molecule has 0 aliphatic rings. The number of halogens is 1. The Balaban J connectivity index is 1.69. The molecule has 122 valence electrons. The Hall–Kier alpha value is -2.25. The van der Waals surface area contributed by atoms with Crippen LogP contribution in [0.15, 0.2) is 46.8 Å². The number of nitrogens with zero attached hydrogens (tertiary/aromatic N) is 1. The number of carbonyl (C=O) groups excluding carboxylic acids is 2. The van der Waals surface area contributed by atoms with Crippen molar-refractivity contribution in [1.29, 1.82) is 0 Å². The van der Waals surface area contributed by atoms with Crippen LogP contribution in [0, 0.1) is 5.82 Å². The lowest BCUT2D eigenvalue weighted by Crippen LogP contribution is -2.09. The second kappa shape index (κ2) is 7.11. The van der Waals surface area contributed by atoms with Crippen LogP contribution in [0.4, 0.5) is 10.1 Å². The minimum atomic E-state index is -0.642. The van der Waals surface area contributed by atoms with Gasteiger partial charge in [0, 0.05) is 12.6 Å². The van der Waals surface area contributed by atoms with Gasteiger partial charge in [-0.25, -0.2) is 9.37 Å². The molecule has 0 bridgehead atoms.